The first-order valence-electron chi connectivity index (χ1n) is 6.75. The zero-order valence-electron chi connectivity index (χ0n) is 12.3. The average molecular weight is 261 g/mol. The molecule has 2 atom stereocenters. The van der Waals surface area contributed by atoms with Crippen molar-refractivity contribution in [3.8, 4) is 0 Å². The monoisotopic (exact) mass is 261 g/mol. The van der Waals surface area contributed by atoms with E-state index in [9.17, 15) is 4.79 Å². The van der Waals surface area contributed by atoms with Crippen LogP contribution in [0.3, 0.4) is 0 Å². The number of nitrogens with two attached hydrogens (primary N) is 1. The number of rotatable bonds is 3. The van der Waals surface area contributed by atoms with Gasteiger partial charge in [0.2, 0.25) is 0 Å². The van der Waals surface area contributed by atoms with Crippen molar-refractivity contribution in [2.75, 3.05) is 0 Å². The standard InChI is InChI=1S/C15H23N3O/c1-9(2)10(3)14(16)11-6-7-12-13(8-11)18(5)15(19)17(12)4/h6-10,14H,16H2,1-5H3. The lowest BCUT2D eigenvalue weighted by molar-refractivity contribution is 0.352. The summed E-state index contributed by atoms with van der Waals surface area (Å²) in [5, 5.41) is 0. The minimum absolute atomic E-state index is 0.000270. The van der Waals surface area contributed by atoms with E-state index in [0.29, 0.717) is 11.8 Å². The van der Waals surface area contributed by atoms with Crippen LogP contribution in [0.1, 0.15) is 32.4 Å². The minimum atomic E-state index is -0.00219. The second-order valence-electron chi connectivity index (χ2n) is 5.78. The number of aromatic nitrogens is 2. The lowest BCUT2D eigenvalue weighted by atomic mass is 9.86. The van der Waals surface area contributed by atoms with E-state index in [4.69, 9.17) is 5.73 Å². The zero-order valence-corrected chi connectivity index (χ0v) is 12.3. The van der Waals surface area contributed by atoms with Crippen molar-refractivity contribution in [3.05, 3.63) is 34.2 Å². The van der Waals surface area contributed by atoms with Gasteiger partial charge < -0.3 is 5.73 Å². The van der Waals surface area contributed by atoms with Crippen LogP contribution in [-0.2, 0) is 14.1 Å². The van der Waals surface area contributed by atoms with E-state index in [-0.39, 0.29) is 11.7 Å². The van der Waals surface area contributed by atoms with Gasteiger partial charge in [0.1, 0.15) is 0 Å². The van der Waals surface area contributed by atoms with Gasteiger partial charge in [0.15, 0.2) is 0 Å². The van der Waals surface area contributed by atoms with E-state index in [1.807, 2.05) is 18.2 Å². The zero-order chi connectivity index (χ0) is 14.3. The molecule has 19 heavy (non-hydrogen) atoms. The Morgan fingerprint density at radius 2 is 1.63 bits per heavy atom. The first-order valence-corrected chi connectivity index (χ1v) is 6.75. The van der Waals surface area contributed by atoms with E-state index in [0.717, 1.165) is 16.6 Å². The lowest BCUT2D eigenvalue weighted by Crippen LogP contribution is -2.23. The van der Waals surface area contributed by atoms with Gasteiger partial charge in [-0.3, -0.25) is 9.13 Å². The molecule has 1 aromatic carbocycles. The summed E-state index contributed by atoms with van der Waals surface area (Å²) in [6, 6.07) is 6.06. The van der Waals surface area contributed by atoms with Gasteiger partial charge >= 0.3 is 5.69 Å². The average Bonchev–Trinajstić information content (AvgIpc) is 2.61. The van der Waals surface area contributed by atoms with Gasteiger partial charge in [-0.15, -0.1) is 0 Å². The Labute approximate surface area is 113 Å². The number of nitrogens with zero attached hydrogens (tertiary/aromatic N) is 2. The smallest absolute Gasteiger partial charge is 0.324 e. The highest BCUT2D eigenvalue weighted by Crippen LogP contribution is 2.27. The number of hydrogen-bond donors (Lipinski definition) is 1. The fraction of sp³-hybridized carbons (Fsp3) is 0.533. The van der Waals surface area contributed by atoms with Crippen LogP contribution in [0.2, 0.25) is 0 Å². The van der Waals surface area contributed by atoms with Crippen molar-refractivity contribution >= 4 is 11.0 Å². The Morgan fingerprint density at radius 3 is 2.21 bits per heavy atom. The minimum Gasteiger partial charge on any atom is -0.324 e. The van der Waals surface area contributed by atoms with Crippen LogP contribution >= 0.6 is 0 Å². The number of hydrogen-bond acceptors (Lipinski definition) is 2. The van der Waals surface area contributed by atoms with Gasteiger partial charge in [-0.05, 0) is 29.5 Å². The molecule has 2 rings (SSSR count). The van der Waals surface area contributed by atoms with Crippen molar-refractivity contribution in [1.29, 1.82) is 0 Å². The van der Waals surface area contributed by atoms with Gasteiger partial charge in [-0.25, -0.2) is 4.79 Å². The summed E-state index contributed by atoms with van der Waals surface area (Å²) in [5.41, 5.74) is 9.31. The maximum absolute atomic E-state index is 11.9. The van der Waals surface area contributed by atoms with Crippen LogP contribution in [0.4, 0.5) is 0 Å². The molecule has 4 nitrogen and oxygen atoms in total. The number of fused-ring (bicyclic) bond motifs is 1. The summed E-state index contributed by atoms with van der Waals surface area (Å²) in [6.45, 7) is 6.53. The molecule has 0 radical (unpaired) electrons. The molecule has 1 heterocycles. The normalized spacial score (nSPS) is 15.1. The van der Waals surface area contributed by atoms with Crippen LogP contribution in [-0.4, -0.2) is 9.13 Å². The third-order valence-corrected chi connectivity index (χ3v) is 4.30. The molecule has 2 aromatic rings. The molecule has 1 aromatic heterocycles. The maximum Gasteiger partial charge on any atom is 0.328 e. The van der Waals surface area contributed by atoms with E-state index in [2.05, 4.69) is 20.8 Å². The Kier molecular flexibility index (Phi) is 3.54. The molecule has 0 aliphatic heterocycles. The summed E-state index contributed by atoms with van der Waals surface area (Å²) in [5.74, 6) is 0.934. The number of benzene rings is 1. The summed E-state index contributed by atoms with van der Waals surface area (Å²) in [4.78, 5) is 11.9. The quantitative estimate of drug-likeness (QED) is 0.920. The van der Waals surface area contributed by atoms with E-state index in [1.165, 1.54) is 0 Å². The molecular weight excluding hydrogens is 238 g/mol. The van der Waals surface area contributed by atoms with E-state index >= 15 is 0 Å². The molecule has 2 N–H and O–H groups in total. The Morgan fingerprint density at radius 1 is 1.05 bits per heavy atom. The third-order valence-electron chi connectivity index (χ3n) is 4.30. The van der Waals surface area contributed by atoms with Crippen molar-refractivity contribution in [3.63, 3.8) is 0 Å². The van der Waals surface area contributed by atoms with Crippen molar-refractivity contribution < 1.29 is 0 Å². The van der Waals surface area contributed by atoms with Crippen LogP contribution in [0, 0.1) is 11.8 Å². The molecule has 2 unspecified atom stereocenters. The summed E-state index contributed by atoms with van der Waals surface area (Å²) in [6.07, 6.45) is 0. The number of imidazole rings is 1. The molecule has 0 fully saturated rings. The van der Waals surface area contributed by atoms with Crippen molar-refractivity contribution in [1.82, 2.24) is 9.13 Å². The van der Waals surface area contributed by atoms with Gasteiger partial charge in [-0.1, -0.05) is 26.8 Å². The van der Waals surface area contributed by atoms with Gasteiger partial charge in [-0.2, -0.15) is 0 Å². The van der Waals surface area contributed by atoms with E-state index < -0.39 is 0 Å². The summed E-state index contributed by atoms with van der Waals surface area (Å²) >= 11 is 0. The molecule has 0 saturated heterocycles. The van der Waals surface area contributed by atoms with Gasteiger partial charge in [0.05, 0.1) is 11.0 Å². The Balaban J connectivity index is 2.53. The highest BCUT2D eigenvalue weighted by Gasteiger charge is 2.19. The molecule has 0 aliphatic carbocycles. The predicted molar refractivity (Wildman–Crippen MR) is 79.1 cm³/mol. The summed E-state index contributed by atoms with van der Waals surface area (Å²) in [7, 11) is 3.59. The molecule has 0 saturated carbocycles. The molecule has 104 valence electrons. The Bertz CT molecular complexity index is 651. The van der Waals surface area contributed by atoms with Crippen LogP contribution in [0.25, 0.3) is 11.0 Å². The molecule has 0 spiro atoms. The van der Waals surface area contributed by atoms with Crippen LogP contribution in [0.15, 0.2) is 23.0 Å². The fourth-order valence-electron chi connectivity index (χ4n) is 2.45. The highest BCUT2D eigenvalue weighted by atomic mass is 16.1. The molecule has 0 aliphatic rings. The van der Waals surface area contributed by atoms with Gasteiger partial charge in [0, 0.05) is 20.1 Å². The fourth-order valence-corrected chi connectivity index (χ4v) is 2.45. The molecular formula is C15H23N3O. The lowest BCUT2D eigenvalue weighted by Gasteiger charge is -2.23. The first kappa shape index (κ1) is 13.9. The highest BCUT2D eigenvalue weighted by molar-refractivity contribution is 5.77. The van der Waals surface area contributed by atoms with Crippen molar-refractivity contribution in [2.24, 2.45) is 31.7 Å². The van der Waals surface area contributed by atoms with Gasteiger partial charge in [0.25, 0.3) is 0 Å². The SMILES string of the molecule is CC(C)C(C)C(N)c1ccc2c(c1)n(C)c(=O)n2C. The topological polar surface area (TPSA) is 52.9 Å². The predicted octanol–water partition coefficient (Wildman–Crippen LogP) is 2.17. The Hall–Kier alpha value is -1.55. The summed E-state index contributed by atoms with van der Waals surface area (Å²) < 4.78 is 3.34. The second kappa shape index (κ2) is 4.85. The van der Waals surface area contributed by atoms with E-state index in [1.54, 1.807) is 23.2 Å². The van der Waals surface area contributed by atoms with Crippen molar-refractivity contribution in [2.45, 2.75) is 26.8 Å². The van der Waals surface area contributed by atoms with Crippen LogP contribution < -0.4 is 11.4 Å². The molecule has 0 bridgehead atoms. The third kappa shape index (κ3) is 2.21. The second-order valence-corrected chi connectivity index (χ2v) is 5.78. The largest absolute Gasteiger partial charge is 0.328 e. The van der Waals surface area contributed by atoms with Crippen LogP contribution in [0.5, 0.6) is 0 Å². The number of aryl methyl sites for hydroxylation is 2. The maximum atomic E-state index is 11.9. The molecule has 4 heteroatoms. The molecule has 0 amide bonds. The first-order chi connectivity index (χ1) is 8.84.